The molecule has 0 aliphatic carbocycles. The number of benzene rings is 1. The molecule has 0 aliphatic rings. The third-order valence-electron chi connectivity index (χ3n) is 2.96. The van der Waals surface area contributed by atoms with Crippen LogP contribution in [0.3, 0.4) is 0 Å². The molecule has 0 fully saturated rings. The van der Waals surface area contributed by atoms with Crippen LogP contribution >= 0.6 is 0 Å². The maximum atomic E-state index is 5.56. The Hall–Kier alpha value is -1.28. The van der Waals surface area contributed by atoms with Crippen LogP contribution in [0, 0.1) is 13.8 Å². The van der Waals surface area contributed by atoms with Gasteiger partial charge < -0.3 is 10.3 Å². The van der Waals surface area contributed by atoms with Crippen molar-refractivity contribution in [2.75, 3.05) is 6.54 Å². The molecular formula is C13H18N2. The van der Waals surface area contributed by atoms with Crippen molar-refractivity contribution in [3.05, 3.63) is 35.5 Å². The highest BCUT2D eigenvalue weighted by molar-refractivity contribution is 5.84. The van der Waals surface area contributed by atoms with Crippen LogP contribution in [0.25, 0.3) is 10.9 Å². The number of aryl methyl sites for hydroxylation is 3. The monoisotopic (exact) mass is 202 g/mol. The van der Waals surface area contributed by atoms with E-state index in [1.807, 2.05) is 0 Å². The molecule has 2 N–H and O–H groups in total. The summed E-state index contributed by atoms with van der Waals surface area (Å²) in [6, 6.07) is 8.73. The first kappa shape index (κ1) is 10.2. The molecule has 2 aromatic rings. The molecule has 0 saturated carbocycles. The molecule has 0 spiro atoms. The van der Waals surface area contributed by atoms with E-state index in [1.54, 1.807) is 0 Å². The van der Waals surface area contributed by atoms with Crippen LogP contribution in [0.1, 0.15) is 17.7 Å². The van der Waals surface area contributed by atoms with Gasteiger partial charge in [-0.2, -0.15) is 0 Å². The number of nitrogens with two attached hydrogens (primary N) is 1. The fraction of sp³-hybridized carbons (Fsp3) is 0.385. The quantitative estimate of drug-likeness (QED) is 0.815. The summed E-state index contributed by atoms with van der Waals surface area (Å²) in [6.07, 6.45) is 1.04. The molecule has 1 heterocycles. The van der Waals surface area contributed by atoms with Crippen LogP contribution in [-0.2, 0) is 6.54 Å². The van der Waals surface area contributed by atoms with Crippen molar-refractivity contribution in [2.45, 2.75) is 26.8 Å². The zero-order valence-electron chi connectivity index (χ0n) is 9.46. The van der Waals surface area contributed by atoms with Gasteiger partial charge in [0.1, 0.15) is 0 Å². The van der Waals surface area contributed by atoms with Crippen LogP contribution in [-0.4, -0.2) is 11.1 Å². The lowest BCUT2D eigenvalue weighted by Gasteiger charge is -2.07. The van der Waals surface area contributed by atoms with Gasteiger partial charge in [-0.05, 0) is 44.5 Å². The molecule has 0 unspecified atom stereocenters. The second kappa shape index (κ2) is 4.07. The van der Waals surface area contributed by atoms with Gasteiger partial charge in [0.05, 0.1) is 0 Å². The molecule has 15 heavy (non-hydrogen) atoms. The number of hydrogen-bond donors (Lipinski definition) is 1. The van der Waals surface area contributed by atoms with Crippen molar-refractivity contribution in [1.82, 2.24) is 4.57 Å². The smallest absolute Gasteiger partial charge is 0.0485 e. The Morgan fingerprint density at radius 2 is 2.07 bits per heavy atom. The normalized spacial score (nSPS) is 11.1. The SMILES string of the molecule is Cc1cccc2c1cc(C)n2CCCN. The van der Waals surface area contributed by atoms with Gasteiger partial charge in [-0.25, -0.2) is 0 Å². The van der Waals surface area contributed by atoms with Crippen LogP contribution in [0.2, 0.25) is 0 Å². The Labute approximate surface area is 90.7 Å². The second-order valence-electron chi connectivity index (χ2n) is 4.09. The third-order valence-corrected chi connectivity index (χ3v) is 2.96. The Balaban J connectivity index is 2.53. The van der Waals surface area contributed by atoms with Crippen molar-refractivity contribution in [3.8, 4) is 0 Å². The highest BCUT2D eigenvalue weighted by Gasteiger charge is 2.05. The highest BCUT2D eigenvalue weighted by Crippen LogP contribution is 2.22. The Bertz CT molecular complexity index is 469. The number of fused-ring (bicyclic) bond motifs is 1. The molecule has 0 amide bonds. The third kappa shape index (κ3) is 1.77. The van der Waals surface area contributed by atoms with E-state index >= 15 is 0 Å². The van der Waals surface area contributed by atoms with Gasteiger partial charge >= 0.3 is 0 Å². The Morgan fingerprint density at radius 1 is 1.27 bits per heavy atom. The first-order chi connectivity index (χ1) is 7.24. The summed E-state index contributed by atoms with van der Waals surface area (Å²) in [5, 5.41) is 1.37. The van der Waals surface area contributed by atoms with Crippen molar-refractivity contribution in [1.29, 1.82) is 0 Å². The molecule has 1 aromatic carbocycles. The zero-order valence-corrected chi connectivity index (χ0v) is 9.46. The summed E-state index contributed by atoms with van der Waals surface area (Å²) in [5.41, 5.74) is 9.57. The number of aromatic nitrogens is 1. The first-order valence-electron chi connectivity index (χ1n) is 5.49. The lowest BCUT2D eigenvalue weighted by Crippen LogP contribution is -2.06. The van der Waals surface area contributed by atoms with E-state index in [0.717, 1.165) is 19.5 Å². The molecule has 0 aliphatic heterocycles. The van der Waals surface area contributed by atoms with Crippen LogP contribution < -0.4 is 5.73 Å². The largest absolute Gasteiger partial charge is 0.345 e. The maximum absolute atomic E-state index is 5.56. The highest BCUT2D eigenvalue weighted by atomic mass is 15.0. The number of hydrogen-bond acceptors (Lipinski definition) is 1. The second-order valence-corrected chi connectivity index (χ2v) is 4.09. The van der Waals surface area contributed by atoms with Gasteiger partial charge in [-0.3, -0.25) is 0 Å². The average Bonchev–Trinajstić information content (AvgIpc) is 2.54. The predicted molar refractivity (Wildman–Crippen MR) is 65.1 cm³/mol. The van der Waals surface area contributed by atoms with Gasteiger partial charge in [0.15, 0.2) is 0 Å². The summed E-state index contributed by atoms with van der Waals surface area (Å²) in [7, 11) is 0. The lowest BCUT2D eigenvalue weighted by atomic mass is 10.1. The fourth-order valence-electron chi connectivity index (χ4n) is 2.11. The Kier molecular flexibility index (Phi) is 2.78. The summed E-state index contributed by atoms with van der Waals surface area (Å²) in [5.74, 6) is 0. The predicted octanol–water partition coefficient (Wildman–Crippen LogP) is 2.61. The minimum atomic E-state index is 0.755. The van der Waals surface area contributed by atoms with Crippen LogP contribution in [0.15, 0.2) is 24.3 Å². The molecule has 2 rings (SSSR count). The van der Waals surface area contributed by atoms with E-state index in [4.69, 9.17) is 5.73 Å². The van der Waals surface area contributed by atoms with Gasteiger partial charge in [-0.15, -0.1) is 0 Å². The minimum absolute atomic E-state index is 0.755. The molecule has 0 radical (unpaired) electrons. The lowest BCUT2D eigenvalue weighted by molar-refractivity contribution is 0.656. The van der Waals surface area contributed by atoms with E-state index < -0.39 is 0 Å². The summed E-state index contributed by atoms with van der Waals surface area (Å²) < 4.78 is 2.36. The van der Waals surface area contributed by atoms with Crippen molar-refractivity contribution < 1.29 is 0 Å². The topological polar surface area (TPSA) is 30.9 Å². The van der Waals surface area contributed by atoms with E-state index in [0.29, 0.717) is 0 Å². The summed E-state index contributed by atoms with van der Waals surface area (Å²) >= 11 is 0. The average molecular weight is 202 g/mol. The van der Waals surface area contributed by atoms with Crippen molar-refractivity contribution >= 4 is 10.9 Å². The first-order valence-corrected chi connectivity index (χ1v) is 5.49. The van der Waals surface area contributed by atoms with Gasteiger partial charge in [0, 0.05) is 23.1 Å². The molecule has 80 valence electrons. The van der Waals surface area contributed by atoms with Crippen molar-refractivity contribution in [2.24, 2.45) is 5.73 Å². The van der Waals surface area contributed by atoms with E-state index in [2.05, 4.69) is 42.7 Å². The van der Waals surface area contributed by atoms with Crippen LogP contribution in [0.4, 0.5) is 0 Å². The van der Waals surface area contributed by atoms with E-state index in [9.17, 15) is 0 Å². The fourth-order valence-corrected chi connectivity index (χ4v) is 2.11. The molecule has 0 bridgehead atoms. The molecule has 2 heteroatoms. The maximum Gasteiger partial charge on any atom is 0.0485 e. The summed E-state index contributed by atoms with van der Waals surface area (Å²) in [6.45, 7) is 6.10. The number of nitrogens with zero attached hydrogens (tertiary/aromatic N) is 1. The zero-order chi connectivity index (χ0) is 10.8. The molecule has 0 atom stereocenters. The van der Waals surface area contributed by atoms with Gasteiger partial charge in [0.2, 0.25) is 0 Å². The molecule has 0 saturated heterocycles. The van der Waals surface area contributed by atoms with E-state index in [1.165, 1.54) is 22.2 Å². The van der Waals surface area contributed by atoms with Crippen LogP contribution in [0.5, 0.6) is 0 Å². The minimum Gasteiger partial charge on any atom is -0.345 e. The van der Waals surface area contributed by atoms with Gasteiger partial charge in [0.25, 0.3) is 0 Å². The van der Waals surface area contributed by atoms with Crippen molar-refractivity contribution in [3.63, 3.8) is 0 Å². The summed E-state index contributed by atoms with van der Waals surface area (Å²) in [4.78, 5) is 0. The molecular weight excluding hydrogens is 184 g/mol. The molecule has 2 nitrogen and oxygen atoms in total. The Morgan fingerprint density at radius 3 is 2.80 bits per heavy atom. The molecule has 1 aromatic heterocycles. The van der Waals surface area contributed by atoms with Gasteiger partial charge in [-0.1, -0.05) is 12.1 Å². The number of rotatable bonds is 3. The van der Waals surface area contributed by atoms with E-state index in [-0.39, 0.29) is 0 Å². The standard InChI is InChI=1S/C13H18N2/c1-10-5-3-6-13-12(10)9-11(2)15(13)8-4-7-14/h3,5-6,9H,4,7-8,14H2,1-2H3.